The molecule has 0 aliphatic carbocycles. The Morgan fingerprint density at radius 1 is 1.33 bits per heavy atom. The summed E-state index contributed by atoms with van der Waals surface area (Å²) in [5.74, 6) is -0.411. The van der Waals surface area contributed by atoms with E-state index < -0.39 is 11.6 Å². The Hall–Kier alpha value is -1.52. The van der Waals surface area contributed by atoms with Crippen LogP contribution in [-0.4, -0.2) is 42.3 Å². The number of nitrogens with zero attached hydrogens (tertiary/aromatic N) is 1. The zero-order valence-electron chi connectivity index (χ0n) is 11.4. The van der Waals surface area contributed by atoms with E-state index in [1.807, 2.05) is 20.8 Å². The van der Waals surface area contributed by atoms with Crippen LogP contribution in [0.15, 0.2) is 12.2 Å². The Balaban J connectivity index is 2.62. The standard InChI is InChI=1S/C13H21NO4/c1-13(2,3)18-12(16)14-9-5-6-10(14)7-8-11(15)17-4/h7-8,10H,5-6,9H2,1-4H3/b8-7-/t10-/m0/s1. The summed E-state index contributed by atoms with van der Waals surface area (Å²) in [5, 5.41) is 0. The molecule has 5 nitrogen and oxygen atoms in total. The highest BCUT2D eigenvalue weighted by Gasteiger charge is 2.30. The fraction of sp³-hybridized carbons (Fsp3) is 0.692. The molecule has 0 spiro atoms. The fourth-order valence-corrected chi connectivity index (χ4v) is 1.80. The lowest BCUT2D eigenvalue weighted by Crippen LogP contribution is -2.39. The average molecular weight is 255 g/mol. The molecule has 0 saturated carbocycles. The molecule has 5 heteroatoms. The highest BCUT2D eigenvalue weighted by Crippen LogP contribution is 2.21. The third kappa shape index (κ3) is 4.39. The lowest BCUT2D eigenvalue weighted by atomic mass is 10.2. The van der Waals surface area contributed by atoms with Crippen LogP contribution in [0.1, 0.15) is 33.6 Å². The van der Waals surface area contributed by atoms with Gasteiger partial charge in [-0.15, -0.1) is 0 Å². The summed E-state index contributed by atoms with van der Waals surface area (Å²) < 4.78 is 9.85. The lowest BCUT2D eigenvalue weighted by Gasteiger charge is -2.27. The maximum Gasteiger partial charge on any atom is 0.410 e. The van der Waals surface area contributed by atoms with Crippen molar-refractivity contribution in [2.75, 3.05) is 13.7 Å². The van der Waals surface area contributed by atoms with E-state index in [1.165, 1.54) is 13.2 Å². The molecule has 1 heterocycles. The molecule has 1 amide bonds. The summed E-state index contributed by atoms with van der Waals surface area (Å²) in [7, 11) is 1.33. The summed E-state index contributed by atoms with van der Waals surface area (Å²) >= 11 is 0. The maximum atomic E-state index is 11.9. The van der Waals surface area contributed by atoms with Gasteiger partial charge in [0.05, 0.1) is 13.2 Å². The third-order valence-electron chi connectivity index (χ3n) is 2.58. The molecular formula is C13H21NO4. The number of likely N-dealkylation sites (tertiary alicyclic amines) is 1. The van der Waals surface area contributed by atoms with Crippen molar-refractivity contribution >= 4 is 12.1 Å². The van der Waals surface area contributed by atoms with Crippen LogP contribution in [0.3, 0.4) is 0 Å². The van der Waals surface area contributed by atoms with Crippen LogP contribution in [0.4, 0.5) is 4.79 Å². The van der Waals surface area contributed by atoms with Crippen molar-refractivity contribution in [2.45, 2.75) is 45.3 Å². The van der Waals surface area contributed by atoms with Crippen molar-refractivity contribution in [3.63, 3.8) is 0 Å². The summed E-state index contributed by atoms with van der Waals surface area (Å²) in [6, 6.07) is -0.0843. The second-order valence-electron chi connectivity index (χ2n) is 5.27. The monoisotopic (exact) mass is 255 g/mol. The van der Waals surface area contributed by atoms with Gasteiger partial charge in [-0.05, 0) is 33.6 Å². The van der Waals surface area contributed by atoms with E-state index >= 15 is 0 Å². The molecule has 1 aliphatic rings. The van der Waals surface area contributed by atoms with E-state index in [1.54, 1.807) is 11.0 Å². The largest absolute Gasteiger partial charge is 0.466 e. The molecule has 1 rings (SSSR count). The molecule has 102 valence electrons. The normalized spacial score (nSPS) is 20.2. The molecule has 0 unspecified atom stereocenters. The summed E-state index contributed by atoms with van der Waals surface area (Å²) in [5.41, 5.74) is -0.504. The van der Waals surface area contributed by atoms with E-state index in [4.69, 9.17) is 4.74 Å². The highest BCUT2D eigenvalue weighted by atomic mass is 16.6. The Morgan fingerprint density at radius 3 is 2.56 bits per heavy atom. The molecule has 0 aromatic rings. The Bertz CT molecular complexity index is 343. The van der Waals surface area contributed by atoms with Crippen LogP contribution in [0, 0.1) is 0 Å². The fourth-order valence-electron chi connectivity index (χ4n) is 1.80. The number of hydrogen-bond donors (Lipinski definition) is 0. The van der Waals surface area contributed by atoms with Crippen LogP contribution < -0.4 is 0 Å². The summed E-state index contributed by atoms with van der Waals surface area (Å²) in [6.07, 6.45) is 4.47. The van der Waals surface area contributed by atoms with Crippen molar-refractivity contribution in [2.24, 2.45) is 0 Å². The number of hydrogen-bond acceptors (Lipinski definition) is 4. The smallest absolute Gasteiger partial charge is 0.410 e. The molecule has 1 saturated heterocycles. The molecule has 0 aromatic heterocycles. The molecule has 0 aromatic carbocycles. The van der Waals surface area contributed by atoms with Gasteiger partial charge < -0.3 is 14.4 Å². The van der Waals surface area contributed by atoms with Crippen molar-refractivity contribution in [3.05, 3.63) is 12.2 Å². The van der Waals surface area contributed by atoms with Crippen molar-refractivity contribution in [1.82, 2.24) is 4.90 Å². The van der Waals surface area contributed by atoms with Crippen molar-refractivity contribution in [1.29, 1.82) is 0 Å². The maximum absolute atomic E-state index is 11.9. The quantitative estimate of drug-likeness (QED) is 0.560. The molecule has 1 atom stereocenters. The van der Waals surface area contributed by atoms with E-state index in [2.05, 4.69) is 4.74 Å². The van der Waals surface area contributed by atoms with Gasteiger partial charge in [0.1, 0.15) is 5.60 Å². The van der Waals surface area contributed by atoms with Crippen LogP contribution in [-0.2, 0) is 14.3 Å². The Labute approximate surface area is 108 Å². The first-order chi connectivity index (χ1) is 8.33. The summed E-state index contributed by atoms with van der Waals surface area (Å²) in [6.45, 7) is 6.16. The van der Waals surface area contributed by atoms with E-state index in [0.717, 1.165) is 12.8 Å². The van der Waals surface area contributed by atoms with E-state index in [-0.39, 0.29) is 12.1 Å². The molecule has 1 aliphatic heterocycles. The number of esters is 1. The number of amides is 1. The zero-order valence-corrected chi connectivity index (χ0v) is 11.4. The first-order valence-electron chi connectivity index (χ1n) is 6.09. The van der Waals surface area contributed by atoms with Gasteiger partial charge >= 0.3 is 12.1 Å². The van der Waals surface area contributed by atoms with E-state index in [9.17, 15) is 9.59 Å². The highest BCUT2D eigenvalue weighted by molar-refractivity contribution is 5.82. The number of ether oxygens (including phenoxy) is 2. The first-order valence-corrected chi connectivity index (χ1v) is 6.09. The Morgan fingerprint density at radius 2 is 2.00 bits per heavy atom. The lowest BCUT2D eigenvalue weighted by molar-refractivity contribution is -0.134. The van der Waals surface area contributed by atoms with Crippen LogP contribution in [0.2, 0.25) is 0 Å². The van der Waals surface area contributed by atoms with Gasteiger partial charge in [-0.2, -0.15) is 0 Å². The Kier molecular flexibility index (Phi) is 4.76. The predicted molar refractivity (Wildman–Crippen MR) is 67.1 cm³/mol. The van der Waals surface area contributed by atoms with Crippen LogP contribution >= 0.6 is 0 Å². The number of carbonyl (C=O) groups excluding carboxylic acids is 2. The van der Waals surface area contributed by atoms with Crippen molar-refractivity contribution < 1.29 is 19.1 Å². The molecule has 0 N–H and O–H groups in total. The molecule has 0 bridgehead atoms. The zero-order chi connectivity index (χ0) is 13.8. The van der Waals surface area contributed by atoms with Gasteiger partial charge in [0.25, 0.3) is 0 Å². The number of carbonyl (C=O) groups is 2. The second kappa shape index (κ2) is 5.89. The molecule has 1 fully saturated rings. The van der Waals surface area contributed by atoms with Gasteiger partial charge in [0.15, 0.2) is 0 Å². The number of methoxy groups -OCH3 is 1. The molecule has 18 heavy (non-hydrogen) atoms. The minimum atomic E-state index is -0.504. The van der Waals surface area contributed by atoms with Gasteiger partial charge in [-0.3, -0.25) is 0 Å². The van der Waals surface area contributed by atoms with Crippen LogP contribution in [0.25, 0.3) is 0 Å². The second-order valence-corrected chi connectivity index (χ2v) is 5.27. The van der Waals surface area contributed by atoms with Gasteiger partial charge in [0, 0.05) is 12.6 Å². The van der Waals surface area contributed by atoms with Gasteiger partial charge in [-0.1, -0.05) is 6.08 Å². The molecular weight excluding hydrogens is 234 g/mol. The summed E-state index contributed by atoms with van der Waals surface area (Å²) in [4.78, 5) is 24.6. The average Bonchev–Trinajstić information content (AvgIpc) is 2.71. The number of rotatable bonds is 2. The third-order valence-corrected chi connectivity index (χ3v) is 2.58. The first kappa shape index (κ1) is 14.5. The van der Waals surface area contributed by atoms with E-state index in [0.29, 0.717) is 6.54 Å². The predicted octanol–water partition coefficient (Wildman–Crippen LogP) is 2.12. The van der Waals surface area contributed by atoms with Crippen LogP contribution in [0.5, 0.6) is 0 Å². The minimum Gasteiger partial charge on any atom is -0.466 e. The minimum absolute atomic E-state index is 0.0843. The van der Waals surface area contributed by atoms with Crippen molar-refractivity contribution in [3.8, 4) is 0 Å². The topological polar surface area (TPSA) is 55.8 Å². The molecule has 0 radical (unpaired) electrons. The van der Waals surface area contributed by atoms with Gasteiger partial charge in [-0.25, -0.2) is 9.59 Å². The SMILES string of the molecule is COC(=O)/C=C\[C@@H]1CCCN1C(=O)OC(C)(C)C. The van der Waals surface area contributed by atoms with Gasteiger partial charge in [0.2, 0.25) is 0 Å².